The molecule has 0 amide bonds. The fourth-order valence-electron chi connectivity index (χ4n) is 3.60. The van der Waals surface area contributed by atoms with Crippen LogP contribution in [0.15, 0.2) is 54.6 Å². The Morgan fingerprint density at radius 3 is 2.90 bits per heavy atom. The fourth-order valence-corrected chi connectivity index (χ4v) is 3.78. The van der Waals surface area contributed by atoms with Crippen LogP contribution >= 0.6 is 11.6 Å². The van der Waals surface area contributed by atoms with Crippen molar-refractivity contribution >= 4 is 17.3 Å². The third kappa shape index (κ3) is 2.14. The van der Waals surface area contributed by atoms with Gasteiger partial charge in [0.05, 0.1) is 6.04 Å². The van der Waals surface area contributed by atoms with Gasteiger partial charge in [0.25, 0.3) is 0 Å². The minimum absolute atomic E-state index is 0.134. The van der Waals surface area contributed by atoms with Gasteiger partial charge in [0.1, 0.15) is 5.82 Å². The van der Waals surface area contributed by atoms with Gasteiger partial charge in [-0.05, 0) is 53.8 Å². The highest BCUT2D eigenvalue weighted by Crippen LogP contribution is 2.50. The van der Waals surface area contributed by atoms with E-state index >= 15 is 0 Å². The molecule has 1 aliphatic heterocycles. The maximum Gasteiger partial charge on any atom is 0.123 e. The highest BCUT2D eigenvalue weighted by Gasteiger charge is 2.37. The first-order valence-corrected chi connectivity index (χ1v) is 7.58. The van der Waals surface area contributed by atoms with Gasteiger partial charge < -0.3 is 5.32 Å². The van der Waals surface area contributed by atoms with E-state index in [2.05, 4.69) is 17.5 Å². The van der Waals surface area contributed by atoms with E-state index in [0.29, 0.717) is 11.8 Å². The van der Waals surface area contributed by atoms with Gasteiger partial charge in [0.2, 0.25) is 0 Å². The molecule has 3 heteroatoms. The summed E-state index contributed by atoms with van der Waals surface area (Å²) in [5, 5.41) is 4.34. The molecule has 106 valence electrons. The number of hydrogen-bond acceptors (Lipinski definition) is 1. The molecule has 0 fully saturated rings. The molecule has 1 heterocycles. The van der Waals surface area contributed by atoms with Crippen LogP contribution in [0.4, 0.5) is 10.1 Å². The number of allylic oxidation sites excluding steroid dienone is 2. The minimum atomic E-state index is -0.182. The SMILES string of the molecule is Fc1cccc([C@@H]2Nc3ccc(Cl)cc3[C@H]3C=CC[C@@H]32)c1. The smallest absolute Gasteiger partial charge is 0.123 e. The van der Waals surface area contributed by atoms with Gasteiger partial charge in [-0.2, -0.15) is 0 Å². The minimum Gasteiger partial charge on any atom is -0.378 e. The van der Waals surface area contributed by atoms with Crippen LogP contribution in [0, 0.1) is 11.7 Å². The van der Waals surface area contributed by atoms with Crippen molar-refractivity contribution in [2.75, 3.05) is 5.32 Å². The molecule has 3 atom stereocenters. The summed E-state index contributed by atoms with van der Waals surface area (Å²) in [4.78, 5) is 0. The van der Waals surface area contributed by atoms with Crippen molar-refractivity contribution in [2.45, 2.75) is 18.4 Å². The van der Waals surface area contributed by atoms with E-state index in [1.807, 2.05) is 24.3 Å². The highest BCUT2D eigenvalue weighted by atomic mass is 35.5. The van der Waals surface area contributed by atoms with Crippen LogP contribution in [0.25, 0.3) is 0 Å². The van der Waals surface area contributed by atoms with Crippen molar-refractivity contribution in [3.8, 4) is 0 Å². The van der Waals surface area contributed by atoms with Gasteiger partial charge >= 0.3 is 0 Å². The molecule has 2 aromatic rings. The van der Waals surface area contributed by atoms with Crippen LogP contribution in [0.1, 0.15) is 29.5 Å². The van der Waals surface area contributed by atoms with E-state index in [1.54, 1.807) is 12.1 Å². The third-order valence-corrected chi connectivity index (χ3v) is 4.77. The molecule has 1 aliphatic carbocycles. The molecular weight excluding hydrogens is 285 g/mol. The van der Waals surface area contributed by atoms with Crippen molar-refractivity contribution in [3.63, 3.8) is 0 Å². The number of hydrogen-bond donors (Lipinski definition) is 1. The largest absolute Gasteiger partial charge is 0.378 e. The molecule has 2 aromatic carbocycles. The zero-order valence-electron chi connectivity index (χ0n) is 11.4. The predicted molar refractivity (Wildman–Crippen MR) is 84.2 cm³/mol. The molecule has 2 aliphatic rings. The second-order valence-electron chi connectivity index (χ2n) is 5.76. The van der Waals surface area contributed by atoms with Crippen molar-refractivity contribution in [3.05, 3.63) is 76.6 Å². The Balaban J connectivity index is 1.80. The molecule has 0 radical (unpaired) electrons. The van der Waals surface area contributed by atoms with E-state index in [4.69, 9.17) is 11.6 Å². The quantitative estimate of drug-likeness (QED) is 0.704. The van der Waals surface area contributed by atoms with E-state index in [9.17, 15) is 4.39 Å². The molecule has 21 heavy (non-hydrogen) atoms. The second kappa shape index (κ2) is 4.88. The molecular formula is C18H15ClFN. The number of anilines is 1. The zero-order chi connectivity index (χ0) is 14.4. The molecule has 0 saturated carbocycles. The van der Waals surface area contributed by atoms with Gasteiger partial charge in [0.15, 0.2) is 0 Å². The molecule has 1 N–H and O–H groups in total. The molecule has 0 aromatic heterocycles. The Kier molecular flexibility index (Phi) is 3.00. The summed E-state index contributed by atoms with van der Waals surface area (Å²) < 4.78 is 13.6. The Labute approximate surface area is 128 Å². The predicted octanol–water partition coefficient (Wildman–Crippen LogP) is 5.31. The van der Waals surface area contributed by atoms with Crippen molar-refractivity contribution in [1.82, 2.24) is 0 Å². The van der Waals surface area contributed by atoms with E-state index in [0.717, 1.165) is 22.7 Å². The van der Waals surface area contributed by atoms with Crippen molar-refractivity contribution < 1.29 is 4.39 Å². The molecule has 4 rings (SSSR count). The lowest BCUT2D eigenvalue weighted by Crippen LogP contribution is -2.29. The summed E-state index contributed by atoms with van der Waals surface area (Å²) in [6, 6.07) is 13.0. The summed E-state index contributed by atoms with van der Waals surface area (Å²) >= 11 is 6.14. The molecule has 0 bridgehead atoms. The monoisotopic (exact) mass is 299 g/mol. The number of halogens is 2. The molecule has 1 nitrogen and oxygen atoms in total. The Hall–Kier alpha value is -1.80. The Morgan fingerprint density at radius 2 is 2.05 bits per heavy atom. The number of nitrogens with one attached hydrogen (secondary N) is 1. The van der Waals surface area contributed by atoms with E-state index in [-0.39, 0.29) is 11.9 Å². The lowest BCUT2D eigenvalue weighted by atomic mass is 9.77. The summed E-state index contributed by atoms with van der Waals surface area (Å²) in [5.41, 5.74) is 3.35. The maximum atomic E-state index is 13.6. The first-order chi connectivity index (χ1) is 10.2. The Morgan fingerprint density at radius 1 is 1.14 bits per heavy atom. The zero-order valence-corrected chi connectivity index (χ0v) is 12.1. The molecule has 0 spiro atoms. The van der Waals surface area contributed by atoms with Crippen LogP contribution in [0.5, 0.6) is 0 Å². The van der Waals surface area contributed by atoms with Crippen LogP contribution in [0.2, 0.25) is 5.02 Å². The van der Waals surface area contributed by atoms with Gasteiger partial charge in [-0.1, -0.05) is 35.9 Å². The van der Waals surface area contributed by atoms with Crippen LogP contribution in [-0.2, 0) is 0 Å². The van der Waals surface area contributed by atoms with Crippen LogP contribution in [-0.4, -0.2) is 0 Å². The lowest BCUT2D eigenvalue weighted by molar-refractivity contribution is 0.424. The number of rotatable bonds is 1. The van der Waals surface area contributed by atoms with E-state index in [1.165, 1.54) is 11.6 Å². The number of benzene rings is 2. The van der Waals surface area contributed by atoms with Gasteiger partial charge in [-0.25, -0.2) is 4.39 Å². The van der Waals surface area contributed by atoms with Crippen molar-refractivity contribution in [2.24, 2.45) is 5.92 Å². The van der Waals surface area contributed by atoms with Gasteiger partial charge in [0, 0.05) is 16.6 Å². The standard InChI is InChI=1S/C18H15ClFN/c19-12-7-8-17-16(10-12)14-5-2-6-15(14)18(21-17)11-3-1-4-13(20)9-11/h1-5,7-10,14-15,18,21H,6H2/t14-,15-,18-/m0/s1. The first kappa shape index (κ1) is 12.9. The average Bonchev–Trinajstić information content (AvgIpc) is 2.96. The van der Waals surface area contributed by atoms with Gasteiger partial charge in [-0.3, -0.25) is 0 Å². The molecule has 0 saturated heterocycles. The van der Waals surface area contributed by atoms with Gasteiger partial charge in [-0.15, -0.1) is 0 Å². The highest BCUT2D eigenvalue weighted by molar-refractivity contribution is 6.30. The summed E-state index contributed by atoms with van der Waals surface area (Å²) in [6.45, 7) is 0. The third-order valence-electron chi connectivity index (χ3n) is 4.53. The van der Waals surface area contributed by atoms with E-state index < -0.39 is 0 Å². The Bertz CT molecular complexity index is 725. The van der Waals surface area contributed by atoms with Crippen LogP contribution in [0.3, 0.4) is 0 Å². The lowest BCUT2D eigenvalue weighted by Gasteiger charge is -2.37. The average molecular weight is 300 g/mol. The maximum absolute atomic E-state index is 13.6. The topological polar surface area (TPSA) is 12.0 Å². The second-order valence-corrected chi connectivity index (χ2v) is 6.20. The normalized spacial score (nSPS) is 26.1. The van der Waals surface area contributed by atoms with Crippen molar-refractivity contribution in [1.29, 1.82) is 0 Å². The van der Waals surface area contributed by atoms with Crippen LogP contribution < -0.4 is 5.32 Å². The summed E-state index contributed by atoms with van der Waals surface area (Å²) in [6.07, 6.45) is 5.48. The number of fused-ring (bicyclic) bond motifs is 3. The summed E-state index contributed by atoms with van der Waals surface area (Å²) in [7, 11) is 0. The fraction of sp³-hybridized carbons (Fsp3) is 0.222. The first-order valence-electron chi connectivity index (χ1n) is 7.20. The molecule has 0 unspecified atom stereocenters. The summed E-state index contributed by atoms with van der Waals surface area (Å²) in [5.74, 6) is 0.588.